The van der Waals surface area contributed by atoms with Crippen molar-refractivity contribution in [3.8, 4) is 0 Å². The number of carbonyl (C=O) groups excluding carboxylic acids is 2. The molecule has 0 bridgehead atoms. The van der Waals surface area contributed by atoms with Gasteiger partial charge in [0.25, 0.3) is 0 Å². The Morgan fingerprint density at radius 3 is 1.78 bits per heavy atom. The summed E-state index contributed by atoms with van der Waals surface area (Å²) in [5.41, 5.74) is 9.24. The first kappa shape index (κ1) is 29.1. The largest absolute Gasteiger partial charge is 0.478 e. The average Bonchev–Trinajstić information content (AvgIpc) is 3.04. The summed E-state index contributed by atoms with van der Waals surface area (Å²) in [5.74, 6) is -3.69. The molecule has 45 heavy (non-hydrogen) atoms. The van der Waals surface area contributed by atoms with Crippen LogP contribution in [-0.2, 0) is 25.6 Å². The van der Waals surface area contributed by atoms with Gasteiger partial charge in [-0.15, -0.1) is 0 Å². The number of aliphatic carboxylic acids is 2. The lowest BCUT2D eigenvalue weighted by Crippen LogP contribution is -2.12. The van der Waals surface area contributed by atoms with Gasteiger partial charge in [-0.1, -0.05) is 66.8 Å². The highest BCUT2D eigenvalue weighted by atomic mass is 16.4. The van der Waals surface area contributed by atoms with Crippen molar-refractivity contribution >= 4 is 57.5 Å². The Hall–Kier alpha value is -6.02. The lowest BCUT2D eigenvalue weighted by atomic mass is 9.75. The van der Waals surface area contributed by atoms with Crippen molar-refractivity contribution in [2.75, 3.05) is 10.6 Å². The van der Waals surface area contributed by atoms with Crippen molar-refractivity contribution in [2.24, 2.45) is 0 Å². The van der Waals surface area contributed by atoms with Crippen molar-refractivity contribution in [1.82, 2.24) is 0 Å². The minimum absolute atomic E-state index is 0.192. The van der Waals surface area contributed by atoms with Crippen LogP contribution in [0.4, 0.5) is 11.4 Å². The maximum Gasteiger partial charge on any atom is 0.328 e. The maximum atomic E-state index is 12.2. The van der Waals surface area contributed by atoms with Crippen molar-refractivity contribution < 1.29 is 29.4 Å². The first-order valence-corrected chi connectivity index (χ1v) is 14.3. The molecule has 4 aromatic carbocycles. The molecule has 0 unspecified atom stereocenters. The Morgan fingerprint density at radius 1 is 0.667 bits per heavy atom. The topological polar surface area (TPSA) is 133 Å². The molecule has 0 atom stereocenters. The van der Waals surface area contributed by atoms with E-state index in [1.54, 1.807) is 24.3 Å². The van der Waals surface area contributed by atoms with E-state index < -0.39 is 23.8 Å². The van der Waals surface area contributed by atoms with Crippen LogP contribution in [0.25, 0.3) is 22.4 Å². The minimum atomic E-state index is -1.20. The minimum Gasteiger partial charge on any atom is -0.478 e. The number of anilines is 2. The molecule has 0 heterocycles. The molecule has 0 spiro atoms. The van der Waals surface area contributed by atoms with Crippen LogP contribution in [0.5, 0.6) is 0 Å². The summed E-state index contributed by atoms with van der Waals surface area (Å²) in [6, 6.07) is 23.6. The molecule has 8 heteroatoms. The molecular formula is C37H28N2O6. The van der Waals surface area contributed by atoms with Crippen molar-refractivity contribution in [2.45, 2.75) is 18.8 Å². The van der Waals surface area contributed by atoms with E-state index >= 15 is 0 Å². The van der Waals surface area contributed by atoms with Gasteiger partial charge in [-0.2, -0.15) is 0 Å². The molecule has 8 nitrogen and oxygen atoms in total. The SMILES string of the molecule is O=C(O)/C=C/C(=O)Nc1ccc(C(c2ccc(NC(=O)/C=C/C(=O)O)cc2)c2ccc3ccc4c5c3c2CC=C5CC=C4)cc1. The summed E-state index contributed by atoms with van der Waals surface area (Å²) in [7, 11) is 0. The van der Waals surface area contributed by atoms with Gasteiger partial charge in [-0.25, -0.2) is 9.59 Å². The Balaban J connectivity index is 1.41. The molecule has 0 saturated carbocycles. The molecule has 0 saturated heterocycles. The number of rotatable bonds is 9. The molecule has 2 aliphatic rings. The third kappa shape index (κ3) is 6.21. The van der Waals surface area contributed by atoms with Crippen LogP contribution in [0.15, 0.2) is 109 Å². The van der Waals surface area contributed by atoms with E-state index in [0.29, 0.717) is 11.4 Å². The average molecular weight is 597 g/mol. The summed E-state index contributed by atoms with van der Waals surface area (Å²) < 4.78 is 0. The quantitative estimate of drug-likeness (QED) is 0.128. The van der Waals surface area contributed by atoms with Crippen LogP contribution in [0, 0.1) is 0 Å². The number of carboxylic acids is 2. The van der Waals surface area contributed by atoms with E-state index in [1.165, 1.54) is 33.0 Å². The Bertz CT molecular complexity index is 1900. The summed E-state index contributed by atoms with van der Waals surface area (Å²) in [6.07, 6.45) is 11.9. The van der Waals surface area contributed by atoms with E-state index in [2.05, 4.69) is 53.1 Å². The third-order valence-corrected chi connectivity index (χ3v) is 7.96. The summed E-state index contributed by atoms with van der Waals surface area (Å²) in [5, 5.41) is 25.4. The van der Waals surface area contributed by atoms with Crippen LogP contribution < -0.4 is 10.6 Å². The van der Waals surface area contributed by atoms with Crippen LogP contribution in [0.2, 0.25) is 0 Å². The van der Waals surface area contributed by atoms with Crippen molar-refractivity contribution in [1.29, 1.82) is 0 Å². The highest BCUT2D eigenvalue weighted by molar-refractivity contribution is 6.04. The van der Waals surface area contributed by atoms with Crippen LogP contribution in [-0.4, -0.2) is 34.0 Å². The van der Waals surface area contributed by atoms with Gasteiger partial charge in [-0.3, -0.25) is 9.59 Å². The Morgan fingerprint density at radius 2 is 1.22 bits per heavy atom. The second-order valence-corrected chi connectivity index (χ2v) is 10.8. The van der Waals surface area contributed by atoms with Gasteiger partial charge in [0, 0.05) is 41.6 Å². The molecule has 4 aromatic rings. The monoisotopic (exact) mass is 596 g/mol. The fourth-order valence-electron chi connectivity index (χ4n) is 6.06. The Kier molecular flexibility index (Phi) is 7.95. The third-order valence-electron chi connectivity index (χ3n) is 7.96. The zero-order valence-electron chi connectivity index (χ0n) is 24.0. The van der Waals surface area contributed by atoms with Gasteiger partial charge in [0.15, 0.2) is 0 Å². The van der Waals surface area contributed by atoms with Crippen LogP contribution in [0.3, 0.4) is 0 Å². The first-order valence-electron chi connectivity index (χ1n) is 14.3. The van der Waals surface area contributed by atoms with E-state index in [9.17, 15) is 19.2 Å². The number of hydrogen-bond donors (Lipinski definition) is 4. The zero-order valence-corrected chi connectivity index (χ0v) is 24.0. The van der Waals surface area contributed by atoms with Crippen LogP contribution in [0.1, 0.15) is 45.7 Å². The lowest BCUT2D eigenvalue weighted by Gasteiger charge is -2.28. The molecule has 222 valence electrons. The molecule has 6 rings (SSSR count). The van der Waals surface area contributed by atoms with E-state index in [-0.39, 0.29) is 5.92 Å². The van der Waals surface area contributed by atoms with Gasteiger partial charge < -0.3 is 20.8 Å². The van der Waals surface area contributed by atoms with Crippen molar-refractivity contribution in [3.63, 3.8) is 0 Å². The van der Waals surface area contributed by atoms with Gasteiger partial charge in [0.05, 0.1) is 0 Å². The number of amides is 2. The molecule has 0 aromatic heterocycles. The van der Waals surface area contributed by atoms with Gasteiger partial charge in [-0.05, 0) is 86.8 Å². The van der Waals surface area contributed by atoms with E-state index in [1.807, 2.05) is 24.3 Å². The van der Waals surface area contributed by atoms with E-state index in [0.717, 1.165) is 53.8 Å². The smallest absolute Gasteiger partial charge is 0.328 e. The standard InChI is InChI=1S/C37H28N2O6/c40-31(18-20-33(42)43)38-27-12-6-24(7-13-27)35(25-8-14-28(15-9-25)39-32(41)19-21-34(44)45)29-16-11-26-5-4-22-2-1-3-23-10-17-30(29)37(26)36(22)23/h1-2,4-16,18-21,35H,3,17H2,(H,38,40)(H,39,41)(H,42,43)(H,44,45)/b20-18+,21-19+. The molecule has 4 N–H and O–H groups in total. The number of hydrogen-bond acceptors (Lipinski definition) is 4. The van der Waals surface area contributed by atoms with Crippen molar-refractivity contribution in [3.05, 3.63) is 143 Å². The predicted octanol–water partition coefficient (Wildman–Crippen LogP) is 6.54. The summed E-state index contributed by atoms with van der Waals surface area (Å²) >= 11 is 0. The second-order valence-electron chi connectivity index (χ2n) is 10.8. The highest BCUT2D eigenvalue weighted by Crippen LogP contribution is 2.45. The maximum absolute atomic E-state index is 12.2. The normalized spacial score (nSPS) is 13.3. The number of carboxylic acid groups (broad SMARTS) is 2. The molecule has 2 amide bonds. The molecular weight excluding hydrogens is 568 g/mol. The fraction of sp³-hybridized carbons (Fsp3) is 0.0811. The van der Waals surface area contributed by atoms with Gasteiger partial charge >= 0.3 is 11.9 Å². The lowest BCUT2D eigenvalue weighted by molar-refractivity contribution is -0.132. The van der Waals surface area contributed by atoms with E-state index in [4.69, 9.17) is 10.2 Å². The van der Waals surface area contributed by atoms with Crippen LogP contribution >= 0.6 is 0 Å². The Labute approximate surface area is 258 Å². The molecule has 0 radical (unpaired) electrons. The number of carbonyl (C=O) groups is 4. The second kappa shape index (κ2) is 12.3. The number of benzene rings is 4. The molecule has 0 fully saturated rings. The zero-order chi connectivity index (χ0) is 31.5. The predicted molar refractivity (Wildman–Crippen MR) is 174 cm³/mol. The highest BCUT2D eigenvalue weighted by Gasteiger charge is 2.26. The fourth-order valence-corrected chi connectivity index (χ4v) is 6.06. The number of allylic oxidation sites excluding steroid dienone is 3. The molecule has 0 aliphatic heterocycles. The number of nitrogens with one attached hydrogen (secondary N) is 2. The summed E-state index contributed by atoms with van der Waals surface area (Å²) in [6.45, 7) is 0. The summed E-state index contributed by atoms with van der Waals surface area (Å²) in [4.78, 5) is 45.9. The first-order chi connectivity index (χ1) is 21.8. The van der Waals surface area contributed by atoms with Gasteiger partial charge in [0.2, 0.25) is 11.8 Å². The molecule has 2 aliphatic carbocycles. The van der Waals surface area contributed by atoms with Gasteiger partial charge in [0.1, 0.15) is 0 Å².